The first kappa shape index (κ1) is 21.0. The second-order valence-corrected chi connectivity index (χ2v) is 9.50. The Morgan fingerprint density at radius 1 is 1.00 bits per heavy atom. The molecule has 1 amide bonds. The number of carbonyl (C=O) groups is 1. The first-order chi connectivity index (χ1) is 14.8. The molecule has 158 valence electrons. The predicted molar refractivity (Wildman–Crippen MR) is 115 cm³/mol. The summed E-state index contributed by atoms with van der Waals surface area (Å²) in [6, 6.07) is 16.7. The molecule has 1 aliphatic rings. The molecule has 0 saturated carbocycles. The van der Waals surface area contributed by atoms with Crippen LogP contribution in [0.5, 0.6) is 0 Å². The summed E-state index contributed by atoms with van der Waals surface area (Å²) in [4.78, 5) is 24.8. The molecule has 0 aromatic heterocycles. The van der Waals surface area contributed by atoms with E-state index in [0.29, 0.717) is 19.5 Å². The van der Waals surface area contributed by atoms with Crippen LogP contribution in [0.1, 0.15) is 21.5 Å². The molecule has 0 saturated heterocycles. The average molecular weight is 457 g/mol. The summed E-state index contributed by atoms with van der Waals surface area (Å²) >= 11 is 5.88. The number of carbonyl (C=O) groups excluding carboxylic acids is 1. The zero-order valence-corrected chi connectivity index (χ0v) is 17.8. The van der Waals surface area contributed by atoms with Crippen molar-refractivity contribution in [3.8, 4) is 0 Å². The lowest BCUT2D eigenvalue weighted by Gasteiger charge is -2.29. The summed E-state index contributed by atoms with van der Waals surface area (Å²) in [7, 11) is -4.20. The molecular weight excluding hydrogens is 440 g/mol. The number of benzene rings is 3. The van der Waals surface area contributed by atoms with Crippen molar-refractivity contribution in [2.45, 2.75) is 22.8 Å². The zero-order valence-electron chi connectivity index (χ0n) is 16.2. The van der Waals surface area contributed by atoms with Crippen molar-refractivity contribution in [3.05, 3.63) is 98.6 Å². The van der Waals surface area contributed by atoms with Crippen molar-refractivity contribution in [1.82, 2.24) is 4.90 Å². The normalized spacial score (nSPS) is 13.5. The number of hydrogen-bond donors (Lipinski definition) is 0. The summed E-state index contributed by atoms with van der Waals surface area (Å²) in [6.07, 6.45) is 0.686. The molecule has 4 rings (SSSR count). The lowest BCUT2D eigenvalue weighted by atomic mass is 9.99. The van der Waals surface area contributed by atoms with E-state index in [9.17, 15) is 23.3 Å². The highest BCUT2D eigenvalue weighted by Crippen LogP contribution is 2.32. The van der Waals surface area contributed by atoms with E-state index in [1.165, 1.54) is 35.9 Å². The summed E-state index contributed by atoms with van der Waals surface area (Å²) < 4.78 is 25.9. The Bertz CT molecular complexity index is 1310. The molecule has 0 N–H and O–H groups in total. The highest BCUT2D eigenvalue weighted by molar-refractivity contribution is 7.91. The SMILES string of the molecule is O=C(c1ccc(S(=O)(=O)c2cccc(Cl)c2)c([N+](=O)[O-])c1)N1CCc2ccccc2C1. The molecular formula is C22H17ClN2O5S. The minimum absolute atomic E-state index is 0.0659. The summed E-state index contributed by atoms with van der Waals surface area (Å²) in [5, 5.41) is 11.9. The van der Waals surface area contributed by atoms with E-state index in [4.69, 9.17) is 11.6 Å². The van der Waals surface area contributed by atoms with Gasteiger partial charge in [0.1, 0.15) is 4.90 Å². The number of nitro benzene ring substituents is 1. The van der Waals surface area contributed by atoms with Crippen molar-refractivity contribution < 1.29 is 18.1 Å². The van der Waals surface area contributed by atoms with Gasteiger partial charge in [-0.1, -0.05) is 41.9 Å². The van der Waals surface area contributed by atoms with Crippen molar-refractivity contribution in [1.29, 1.82) is 0 Å². The molecule has 0 unspecified atom stereocenters. The van der Waals surface area contributed by atoms with E-state index in [1.807, 2.05) is 24.3 Å². The van der Waals surface area contributed by atoms with Crippen LogP contribution in [0.15, 0.2) is 76.5 Å². The van der Waals surface area contributed by atoms with Gasteiger partial charge in [0.05, 0.1) is 9.82 Å². The molecule has 0 bridgehead atoms. The fourth-order valence-corrected chi connectivity index (χ4v) is 5.34. The molecule has 0 atom stereocenters. The second kappa shape index (κ2) is 8.13. The number of amides is 1. The first-order valence-electron chi connectivity index (χ1n) is 9.42. The van der Waals surface area contributed by atoms with E-state index in [1.54, 1.807) is 4.90 Å². The number of sulfone groups is 1. The van der Waals surface area contributed by atoms with Crippen molar-refractivity contribution in [2.75, 3.05) is 6.54 Å². The maximum absolute atomic E-state index is 13.0. The van der Waals surface area contributed by atoms with Gasteiger partial charge in [0.2, 0.25) is 9.84 Å². The molecule has 1 aliphatic heterocycles. The summed E-state index contributed by atoms with van der Waals surface area (Å²) in [5.41, 5.74) is 1.61. The fourth-order valence-electron chi connectivity index (χ4n) is 3.63. The number of hydrogen-bond acceptors (Lipinski definition) is 5. The summed E-state index contributed by atoms with van der Waals surface area (Å²) in [5.74, 6) is -0.385. The van der Waals surface area contributed by atoms with Crippen molar-refractivity contribution in [3.63, 3.8) is 0 Å². The van der Waals surface area contributed by atoms with Crippen LogP contribution in [0.4, 0.5) is 5.69 Å². The molecule has 3 aromatic carbocycles. The van der Waals surface area contributed by atoms with Crippen LogP contribution in [0.2, 0.25) is 5.02 Å². The zero-order chi connectivity index (χ0) is 22.2. The Balaban J connectivity index is 1.70. The quantitative estimate of drug-likeness (QED) is 0.431. The van der Waals surface area contributed by atoms with Gasteiger partial charge in [0.15, 0.2) is 0 Å². The molecule has 7 nitrogen and oxygen atoms in total. The van der Waals surface area contributed by atoms with E-state index in [2.05, 4.69) is 0 Å². The van der Waals surface area contributed by atoms with E-state index in [0.717, 1.165) is 17.7 Å². The van der Waals surface area contributed by atoms with Crippen LogP contribution in [0.25, 0.3) is 0 Å². The topological polar surface area (TPSA) is 97.6 Å². The average Bonchev–Trinajstić information content (AvgIpc) is 2.77. The molecule has 1 heterocycles. The van der Waals surface area contributed by atoms with Gasteiger partial charge in [0.25, 0.3) is 11.6 Å². The lowest BCUT2D eigenvalue weighted by molar-refractivity contribution is -0.387. The van der Waals surface area contributed by atoms with Crippen LogP contribution in [0, 0.1) is 10.1 Å². The van der Waals surface area contributed by atoms with Gasteiger partial charge in [0, 0.05) is 29.7 Å². The Morgan fingerprint density at radius 3 is 2.45 bits per heavy atom. The number of halogens is 1. The van der Waals surface area contributed by atoms with E-state index < -0.39 is 25.3 Å². The number of nitrogens with zero attached hydrogens (tertiary/aromatic N) is 2. The third-order valence-corrected chi connectivity index (χ3v) is 7.25. The summed E-state index contributed by atoms with van der Waals surface area (Å²) in [6.45, 7) is 0.873. The monoisotopic (exact) mass is 456 g/mol. The molecule has 3 aromatic rings. The minimum atomic E-state index is -4.20. The van der Waals surface area contributed by atoms with Gasteiger partial charge in [-0.05, 0) is 47.9 Å². The molecule has 9 heteroatoms. The number of rotatable bonds is 4. The molecule has 0 radical (unpaired) electrons. The van der Waals surface area contributed by atoms with Crippen LogP contribution < -0.4 is 0 Å². The second-order valence-electron chi connectivity index (χ2n) is 7.15. The number of fused-ring (bicyclic) bond motifs is 1. The highest BCUT2D eigenvalue weighted by Gasteiger charge is 2.30. The molecule has 0 fully saturated rings. The molecule has 0 aliphatic carbocycles. The van der Waals surface area contributed by atoms with E-state index in [-0.39, 0.29) is 21.4 Å². The van der Waals surface area contributed by atoms with E-state index >= 15 is 0 Å². The number of nitro groups is 1. The Kier molecular flexibility index (Phi) is 5.51. The van der Waals surface area contributed by atoms with Crippen LogP contribution in [0.3, 0.4) is 0 Å². The smallest absolute Gasteiger partial charge is 0.289 e. The van der Waals surface area contributed by atoms with Gasteiger partial charge in [-0.2, -0.15) is 0 Å². The first-order valence-corrected chi connectivity index (χ1v) is 11.3. The Hall–Kier alpha value is -3.23. The van der Waals surface area contributed by atoms with Crippen molar-refractivity contribution in [2.24, 2.45) is 0 Å². The lowest BCUT2D eigenvalue weighted by Crippen LogP contribution is -2.36. The Morgan fingerprint density at radius 2 is 1.74 bits per heavy atom. The van der Waals surface area contributed by atoms with Crippen LogP contribution in [-0.2, 0) is 22.8 Å². The third-order valence-electron chi connectivity index (χ3n) is 5.22. The van der Waals surface area contributed by atoms with Gasteiger partial charge < -0.3 is 4.90 Å². The molecule has 31 heavy (non-hydrogen) atoms. The Labute approximate surface area is 184 Å². The fraction of sp³-hybridized carbons (Fsp3) is 0.136. The predicted octanol–water partition coefficient (Wildman–Crippen LogP) is 4.28. The van der Waals surface area contributed by atoms with Crippen LogP contribution >= 0.6 is 11.6 Å². The largest absolute Gasteiger partial charge is 0.334 e. The van der Waals surface area contributed by atoms with Gasteiger partial charge in [-0.25, -0.2) is 8.42 Å². The van der Waals surface area contributed by atoms with Crippen molar-refractivity contribution >= 4 is 33.0 Å². The van der Waals surface area contributed by atoms with Gasteiger partial charge in [-0.15, -0.1) is 0 Å². The third kappa shape index (κ3) is 4.04. The van der Waals surface area contributed by atoms with Gasteiger partial charge in [-0.3, -0.25) is 14.9 Å². The maximum Gasteiger partial charge on any atom is 0.289 e. The maximum atomic E-state index is 13.0. The standard InChI is InChI=1S/C22H17ClN2O5S/c23-18-6-3-7-19(13-18)31(29,30)21-9-8-16(12-20(21)25(27)28)22(26)24-11-10-15-4-1-2-5-17(15)14-24/h1-9,12-13H,10-11,14H2. The highest BCUT2D eigenvalue weighted by atomic mass is 35.5. The van der Waals surface area contributed by atoms with Crippen LogP contribution in [-0.4, -0.2) is 30.7 Å². The molecule has 0 spiro atoms. The minimum Gasteiger partial charge on any atom is -0.334 e. The van der Waals surface area contributed by atoms with Gasteiger partial charge >= 0.3 is 0 Å².